The predicted molar refractivity (Wildman–Crippen MR) is 65.7 cm³/mol. The van der Waals surface area contributed by atoms with Gasteiger partial charge < -0.3 is 10.0 Å². The molecule has 2 atom stereocenters. The highest BCUT2D eigenvalue weighted by molar-refractivity contribution is 5.81. The van der Waals surface area contributed by atoms with Gasteiger partial charge in [0.2, 0.25) is 5.91 Å². The van der Waals surface area contributed by atoms with E-state index in [0.29, 0.717) is 18.5 Å². The fourth-order valence-electron chi connectivity index (χ4n) is 2.71. The molecule has 0 heterocycles. The van der Waals surface area contributed by atoms with Crippen LogP contribution < -0.4 is 0 Å². The molecule has 0 saturated heterocycles. The van der Waals surface area contributed by atoms with Gasteiger partial charge in [-0.1, -0.05) is 19.8 Å². The Bertz CT molecular complexity index is 278. The van der Waals surface area contributed by atoms with Crippen LogP contribution in [0.3, 0.4) is 0 Å². The third kappa shape index (κ3) is 4.02. The monoisotopic (exact) mass is 241 g/mol. The Balaban J connectivity index is 2.56. The first-order chi connectivity index (χ1) is 8.06. The van der Waals surface area contributed by atoms with Crippen molar-refractivity contribution in [3.8, 4) is 0 Å². The molecule has 1 aliphatic rings. The van der Waals surface area contributed by atoms with Gasteiger partial charge >= 0.3 is 5.97 Å². The molecule has 0 aromatic heterocycles. The zero-order chi connectivity index (χ0) is 12.8. The highest BCUT2D eigenvalue weighted by atomic mass is 16.4. The van der Waals surface area contributed by atoms with Crippen molar-refractivity contribution < 1.29 is 14.7 Å². The number of carboxylic acid groups (broad SMARTS) is 1. The van der Waals surface area contributed by atoms with Crippen LogP contribution in [0, 0.1) is 5.92 Å². The lowest BCUT2D eigenvalue weighted by molar-refractivity contribution is -0.142. The van der Waals surface area contributed by atoms with E-state index in [2.05, 4.69) is 6.92 Å². The van der Waals surface area contributed by atoms with E-state index in [-0.39, 0.29) is 18.7 Å². The summed E-state index contributed by atoms with van der Waals surface area (Å²) in [4.78, 5) is 24.4. The van der Waals surface area contributed by atoms with Gasteiger partial charge in [-0.15, -0.1) is 0 Å². The second kappa shape index (κ2) is 6.62. The molecule has 1 amide bonds. The summed E-state index contributed by atoms with van der Waals surface area (Å²) in [5.74, 6) is -0.364. The summed E-state index contributed by atoms with van der Waals surface area (Å²) in [7, 11) is 0. The quantitative estimate of drug-likeness (QED) is 0.803. The molecule has 1 fully saturated rings. The third-order valence-corrected chi connectivity index (χ3v) is 3.68. The number of carbonyl (C=O) groups excluding carboxylic acids is 1. The van der Waals surface area contributed by atoms with E-state index in [0.717, 1.165) is 6.42 Å². The lowest BCUT2D eigenvalue weighted by Gasteiger charge is -2.38. The SMILES string of the molecule is CCN(C(=O)CCC(=O)O)C1CCCCC1C. The van der Waals surface area contributed by atoms with Crippen LogP contribution in [0.15, 0.2) is 0 Å². The maximum atomic E-state index is 12.0. The average molecular weight is 241 g/mol. The van der Waals surface area contributed by atoms with E-state index in [9.17, 15) is 9.59 Å². The maximum Gasteiger partial charge on any atom is 0.303 e. The van der Waals surface area contributed by atoms with Gasteiger partial charge in [0.25, 0.3) is 0 Å². The minimum atomic E-state index is -0.897. The van der Waals surface area contributed by atoms with E-state index in [1.807, 2.05) is 11.8 Å². The first kappa shape index (κ1) is 14.0. The molecule has 4 nitrogen and oxygen atoms in total. The van der Waals surface area contributed by atoms with Gasteiger partial charge in [-0.3, -0.25) is 9.59 Å². The number of nitrogens with zero attached hydrogens (tertiary/aromatic N) is 1. The molecule has 0 bridgehead atoms. The van der Waals surface area contributed by atoms with Crippen LogP contribution in [0.5, 0.6) is 0 Å². The van der Waals surface area contributed by atoms with Crippen molar-refractivity contribution in [1.82, 2.24) is 4.90 Å². The molecule has 98 valence electrons. The van der Waals surface area contributed by atoms with E-state index in [4.69, 9.17) is 5.11 Å². The molecular formula is C13H23NO3. The van der Waals surface area contributed by atoms with Crippen molar-refractivity contribution in [2.75, 3.05) is 6.54 Å². The zero-order valence-electron chi connectivity index (χ0n) is 10.8. The molecule has 0 aromatic carbocycles. The van der Waals surface area contributed by atoms with Crippen LogP contribution >= 0.6 is 0 Å². The number of aliphatic carboxylic acids is 1. The van der Waals surface area contributed by atoms with Crippen LogP contribution in [0.1, 0.15) is 52.4 Å². The van der Waals surface area contributed by atoms with Gasteiger partial charge in [-0.05, 0) is 25.7 Å². The molecule has 4 heteroatoms. The van der Waals surface area contributed by atoms with Crippen molar-refractivity contribution in [2.24, 2.45) is 5.92 Å². The fourth-order valence-corrected chi connectivity index (χ4v) is 2.71. The van der Waals surface area contributed by atoms with Crippen LogP contribution in [0.25, 0.3) is 0 Å². The summed E-state index contributed by atoms with van der Waals surface area (Å²) >= 11 is 0. The van der Waals surface area contributed by atoms with Gasteiger partial charge in [0.1, 0.15) is 0 Å². The molecule has 1 rings (SSSR count). The zero-order valence-corrected chi connectivity index (χ0v) is 10.8. The Labute approximate surface area is 103 Å². The fraction of sp³-hybridized carbons (Fsp3) is 0.846. The Morgan fingerprint density at radius 2 is 1.88 bits per heavy atom. The van der Waals surface area contributed by atoms with E-state index < -0.39 is 5.97 Å². The summed E-state index contributed by atoms with van der Waals surface area (Å²) in [6.45, 7) is 4.85. The largest absolute Gasteiger partial charge is 0.481 e. The number of hydrogen-bond acceptors (Lipinski definition) is 2. The number of carboxylic acids is 1. The number of hydrogen-bond donors (Lipinski definition) is 1. The molecule has 17 heavy (non-hydrogen) atoms. The van der Waals surface area contributed by atoms with Crippen molar-refractivity contribution >= 4 is 11.9 Å². The molecule has 1 aliphatic carbocycles. The molecular weight excluding hydrogens is 218 g/mol. The summed E-state index contributed by atoms with van der Waals surface area (Å²) in [5.41, 5.74) is 0. The lowest BCUT2D eigenvalue weighted by atomic mass is 9.84. The molecule has 0 aromatic rings. The molecule has 1 N–H and O–H groups in total. The summed E-state index contributed by atoms with van der Waals surface area (Å²) in [6, 6.07) is 0.315. The minimum absolute atomic E-state index is 0.00588. The molecule has 2 unspecified atom stereocenters. The van der Waals surface area contributed by atoms with Crippen molar-refractivity contribution in [3.05, 3.63) is 0 Å². The number of amides is 1. The van der Waals surface area contributed by atoms with Crippen LogP contribution in [-0.4, -0.2) is 34.5 Å². The lowest BCUT2D eigenvalue weighted by Crippen LogP contribution is -2.45. The minimum Gasteiger partial charge on any atom is -0.481 e. The van der Waals surface area contributed by atoms with Crippen LogP contribution in [-0.2, 0) is 9.59 Å². The van der Waals surface area contributed by atoms with Crippen LogP contribution in [0.4, 0.5) is 0 Å². The predicted octanol–water partition coefficient (Wildman–Crippen LogP) is 2.28. The number of carbonyl (C=O) groups is 2. The normalized spacial score (nSPS) is 24.4. The van der Waals surface area contributed by atoms with Gasteiger partial charge in [-0.25, -0.2) is 0 Å². The maximum absolute atomic E-state index is 12.0. The molecule has 0 spiro atoms. The van der Waals surface area contributed by atoms with Crippen molar-refractivity contribution in [2.45, 2.75) is 58.4 Å². The number of rotatable bonds is 5. The summed E-state index contributed by atoms with van der Waals surface area (Å²) in [5, 5.41) is 8.61. The topological polar surface area (TPSA) is 57.6 Å². The molecule has 0 radical (unpaired) electrons. The Kier molecular flexibility index (Phi) is 5.45. The third-order valence-electron chi connectivity index (χ3n) is 3.68. The van der Waals surface area contributed by atoms with Gasteiger partial charge in [0.15, 0.2) is 0 Å². The van der Waals surface area contributed by atoms with E-state index in [1.54, 1.807) is 0 Å². The summed E-state index contributed by atoms with van der Waals surface area (Å²) < 4.78 is 0. The highest BCUT2D eigenvalue weighted by Gasteiger charge is 2.29. The first-order valence-corrected chi connectivity index (χ1v) is 6.57. The Morgan fingerprint density at radius 3 is 2.41 bits per heavy atom. The second-order valence-electron chi connectivity index (χ2n) is 4.90. The van der Waals surface area contributed by atoms with Gasteiger partial charge in [-0.2, -0.15) is 0 Å². The standard InChI is InChI=1S/C13H23NO3/c1-3-14(12(15)8-9-13(16)17)11-7-5-4-6-10(11)2/h10-11H,3-9H2,1-2H3,(H,16,17). The van der Waals surface area contributed by atoms with Crippen LogP contribution in [0.2, 0.25) is 0 Å². The average Bonchev–Trinajstić information content (AvgIpc) is 2.30. The Morgan fingerprint density at radius 1 is 1.24 bits per heavy atom. The van der Waals surface area contributed by atoms with E-state index >= 15 is 0 Å². The van der Waals surface area contributed by atoms with E-state index in [1.165, 1.54) is 19.3 Å². The molecule has 0 aliphatic heterocycles. The smallest absolute Gasteiger partial charge is 0.303 e. The highest BCUT2D eigenvalue weighted by Crippen LogP contribution is 2.28. The molecule has 1 saturated carbocycles. The summed E-state index contributed by atoms with van der Waals surface area (Å²) in [6.07, 6.45) is 4.74. The van der Waals surface area contributed by atoms with Gasteiger partial charge in [0, 0.05) is 19.0 Å². The van der Waals surface area contributed by atoms with Crippen molar-refractivity contribution in [3.63, 3.8) is 0 Å². The van der Waals surface area contributed by atoms with Crippen molar-refractivity contribution in [1.29, 1.82) is 0 Å². The Hall–Kier alpha value is -1.06. The van der Waals surface area contributed by atoms with Gasteiger partial charge in [0.05, 0.1) is 6.42 Å². The second-order valence-corrected chi connectivity index (χ2v) is 4.90. The first-order valence-electron chi connectivity index (χ1n) is 6.57.